The topological polar surface area (TPSA) is 82.2 Å². The van der Waals surface area contributed by atoms with E-state index in [2.05, 4.69) is 25.6 Å². The van der Waals surface area contributed by atoms with Gasteiger partial charge in [-0.15, -0.1) is 0 Å². The van der Waals surface area contributed by atoms with Crippen LogP contribution in [0.3, 0.4) is 0 Å². The molecule has 3 N–H and O–H groups in total. The van der Waals surface area contributed by atoms with E-state index < -0.39 is 0 Å². The van der Waals surface area contributed by atoms with Crippen LogP contribution in [0.2, 0.25) is 5.02 Å². The molecule has 7 heteroatoms. The lowest BCUT2D eigenvalue weighted by Gasteiger charge is -2.12. The van der Waals surface area contributed by atoms with Crippen LogP contribution in [0.25, 0.3) is 0 Å². The number of carbonyl (C=O) groups excluding carboxylic acids is 1. The number of anilines is 1. The number of H-pyrrole nitrogens is 1. The van der Waals surface area contributed by atoms with Crippen molar-refractivity contribution in [2.75, 3.05) is 11.9 Å². The van der Waals surface area contributed by atoms with Crippen molar-refractivity contribution in [1.82, 2.24) is 15.3 Å². The summed E-state index contributed by atoms with van der Waals surface area (Å²) in [6, 6.07) is 12.6. The average molecular weight is 382 g/mol. The summed E-state index contributed by atoms with van der Waals surface area (Å²) in [6.45, 7) is 2.76. The SMILES string of the molecule is Cc1cccc(N=CNC(=O)c2cccc(Cl)c2)c1NCCc1cnc[nH]1. The Labute approximate surface area is 162 Å². The highest BCUT2D eigenvalue weighted by Gasteiger charge is 2.06. The van der Waals surface area contributed by atoms with Crippen molar-refractivity contribution in [3.63, 3.8) is 0 Å². The number of hydrogen-bond donors (Lipinski definition) is 3. The molecule has 0 unspecified atom stereocenters. The fraction of sp³-hybridized carbons (Fsp3) is 0.150. The molecule has 0 atom stereocenters. The van der Waals surface area contributed by atoms with Crippen molar-refractivity contribution in [2.45, 2.75) is 13.3 Å². The second-order valence-electron chi connectivity index (χ2n) is 5.96. The summed E-state index contributed by atoms with van der Waals surface area (Å²) in [5, 5.41) is 6.59. The van der Waals surface area contributed by atoms with E-state index >= 15 is 0 Å². The maximum Gasteiger partial charge on any atom is 0.256 e. The van der Waals surface area contributed by atoms with Gasteiger partial charge in [0.05, 0.1) is 24.0 Å². The van der Waals surface area contributed by atoms with Gasteiger partial charge in [-0.3, -0.25) is 4.79 Å². The minimum Gasteiger partial charge on any atom is -0.383 e. The summed E-state index contributed by atoms with van der Waals surface area (Å²) in [5.41, 5.74) is 4.32. The Bertz CT molecular complexity index is 937. The molecule has 3 aromatic rings. The number of rotatable bonds is 7. The quantitative estimate of drug-likeness (QED) is 0.425. The Morgan fingerprint density at radius 2 is 2.15 bits per heavy atom. The third kappa shape index (κ3) is 5.18. The maximum absolute atomic E-state index is 12.2. The number of carbonyl (C=O) groups is 1. The fourth-order valence-corrected chi connectivity index (χ4v) is 2.80. The maximum atomic E-state index is 12.2. The van der Waals surface area contributed by atoms with E-state index in [1.54, 1.807) is 30.6 Å². The first kappa shape index (κ1) is 18.7. The van der Waals surface area contributed by atoms with Crippen LogP contribution < -0.4 is 10.6 Å². The van der Waals surface area contributed by atoms with Gasteiger partial charge in [0, 0.05) is 35.4 Å². The van der Waals surface area contributed by atoms with Crippen molar-refractivity contribution in [3.05, 3.63) is 76.8 Å². The molecule has 0 spiro atoms. The number of nitrogens with zero attached hydrogens (tertiary/aromatic N) is 2. The number of hydrogen-bond acceptors (Lipinski definition) is 4. The number of aryl methyl sites for hydroxylation is 1. The van der Waals surface area contributed by atoms with Gasteiger partial charge in [-0.25, -0.2) is 9.98 Å². The second kappa shape index (κ2) is 9.00. The lowest BCUT2D eigenvalue weighted by atomic mass is 10.1. The molecule has 2 aromatic carbocycles. The first-order valence-corrected chi connectivity index (χ1v) is 8.91. The van der Waals surface area contributed by atoms with Crippen LogP contribution >= 0.6 is 11.6 Å². The van der Waals surface area contributed by atoms with Gasteiger partial charge < -0.3 is 15.6 Å². The molecule has 0 fully saturated rings. The summed E-state index contributed by atoms with van der Waals surface area (Å²) >= 11 is 5.91. The van der Waals surface area contributed by atoms with Gasteiger partial charge in [0.15, 0.2) is 0 Å². The normalized spacial score (nSPS) is 10.9. The van der Waals surface area contributed by atoms with E-state index in [1.807, 2.05) is 31.3 Å². The monoisotopic (exact) mass is 381 g/mol. The predicted octanol–water partition coefficient (Wildman–Crippen LogP) is 4.12. The van der Waals surface area contributed by atoms with Crippen molar-refractivity contribution in [3.8, 4) is 0 Å². The first-order chi connectivity index (χ1) is 13.1. The lowest BCUT2D eigenvalue weighted by molar-refractivity contribution is 0.0978. The molecule has 0 aliphatic heterocycles. The minimum absolute atomic E-state index is 0.261. The molecule has 1 heterocycles. The van der Waals surface area contributed by atoms with E-state index in [1.165, 1.54) is 6.34 Å². The largest absolute Gasteiger partial charge is 0.383 e. The van der Waals surface area contributed by atoms with Crippen LogP contribution in [0, 0.1) is 6.92 Å². The Hall–Kier alpha value is -3.12. The third-order valence-electron chi connectivity index (χ3n) is 3.99. The minimum atomic E-state index is -0.261. The number of imidazole rings is 1. The standard InChI is InChI=1S/C20H20ClN5O/c1-14-4-2-7-18(19(14)23-9-8-17-11-22-12-24-17)25-13-26-20(27)15-5-3-6-16(21)10-15/h2-7,10-13,23H,8-9H2,1H3,(H,22,24)(H,25,26,27). The number of aliphatic imine (C=N–C) groups is 1. The molecule has 0 aliphatic rings. The van der Waals surface area contributed by atoms with Crippen LogP contribution in [0.1, 0.15) is 21.6 Å². The molecule has 0 saturated heterocycles. The number of para-hydroxylation sites is 1. The van der Waals surface area contributed by atoms with Crippen LogP contribution in [0.15, 0.2) is 60.0 Å². The van der Waals surface area contributed by atoms with Crippen LogP contribution in [-0.2, 0) is 6.42 Å². The second-order valence-corrected chi connectivity index (χ2v) is 6.40. The molecule has 0 radical (unpaired) electrons. The Balaban J connectivity index is 1.64. The van der Waals surface area contributed by atoms with Gasteiger partial charge in [0.2, 0.25) is 0 Å². The fourth-order valence-electron chi connectivity index (χ4n) is 2.61. The average Bonchev–Trinajstić information content (AvgIpc) is 3.17. The highest BCUT2D eigenvalue weighted by atomic mass is 35.5. The van der Waals surface area contributed by atoms with Gasteiger partial charge in [-0.2, -0.15) is 0 Å². The third-order valence-corrected chi connectivity index (χ3v) is 4.22. The number of aromatic nitrogens is 2. The molecule has 27 heavy (non-hydrogen) atoms. The van der Waals surface area contributed by atoms with Crippen molar-refractivity contribution < 1.29 is 4.79 Å². The van der Waals surface area contributed by atoms with Crippen LogP contribution in [0.5, 0.6) is 0 Å². The summed E-state index contributed by atoms with van der Waals surface area (Å²) in [5.74, 6) is -0.261. The zero-order valence-electron chi connectivity index (χ0n) is 14.9. The number of nitrogens with one attached hydrogen (secondary N) is 3. The first-order valence-electron chi connectivity index (χ1n) is 8.53. The van der Waals surface area contributed by atoms with Gasteiger partial charge in [-0.1, -0.05) is 29.8 Å². The van der Waals surface area contributed by atoms with Crippen LogP contribution in [0.4, 0.5) is 11.4 Å². The molecule has 3 rings (SSSR count). The van der Waals surface area contributed by atoms with Crippen LogP contribution in [-0.4, -0.2) is 28.8 Å². The molecule has 0 saturated carbocycles. The Morgan fingerprint density at radius 3 is 2.93 bits per heavy atom. The summed E-state index contributed by atoms with van der Waals surface area (Å²) in [6.07, 6.45) is 5.70. The van der Waals surface area contributed by atoms with Gasteiger partial charge in [0.25, 0.3) is 5.91 Å². The molecule has 6 nitrogen and oxygen atoms in total. The summed E-state index contributed by atoms with van der Waals surface area (Å²) in [7, 11) is 0. The van der Waals surface area contributed by atoms with E-state index in [9.17, 15) is 4.79 Å². The predicted molar refractivity (Wildman–Crippen MR) is 109 cm³/mol. The van der Waals surface area contributed by atoms with Crippen molar-refractivity contribution in [2.24, 2.45) is 4.99 Å². The zero-order chi connectivity index (χ0) is 19.1. The van der Waals surface area contributed by atoms with Gasteiger partial charge in [-0.05, 0) is 36.8 Å². The van der Waals surface area contributed by atoms with E-state index in [4.69, 9.17) is 11.6 Å². The number of aromatic amines is 1. The Morgan fingerprint density at radius 1 is 1.30 bits per heavy atom. The van der Waals surface area contributed by atoms with Crippen molar-refractivity contribution >= 4 is 35.2 Å². The van der Waals surface area contributed by atoms with Gasteiger partial charge in [0.1, 0.15) is 0 Å². The molecule has 1 aromatic heterocycles. The highest BCUT2D eigenvalue weighted by molar-refractivity contribution is 6.31. The van der Waals surface area contributed by atoms with Crippen molar-refractivity contribution in [1.29, 1.82) is 0 Å². The zero-order valence-corrected chi connectivity index (χ0v) is 15.6. The smallest absolute Gasteiger partial charge is 0.256 e. The summed E-state index contributed by atoms with van der Waals surface area (Å²) < 4.78 is 0. The summed E-state index contributed by atoms with van der Waals surface area (Å²) in [4.78, 5) is 23.7. The van der Waals surface area contributed by atoms with E-state index in [-0.39, 0.29) is 5.91 Å². The molecule has 138 valence electrons. The molecular weight excluding hydrogens is 362 g/mol. The Kier molecular flexibility index (Phi) is 6.22. The van der Waals surface area contributed by atoms with E-state index in [0.717, 1.165) is 35.6 Å². The molecule has 0 aliphatic carbocycles. The number of amides is 1. The van der Waals surface area contributed by atoms with E-state index in [0.29, 0.717) is 10.6 Å². The molecule has 0 bridgehead atoms. The van der Waals surface area contributed by atoms with Gasteiger partial charge >= 0.3 is 0 Å². The number of halogens is 1. The molecule has 1 amide bonds. The lowest BCUT2D eigenvalue weighted by Crippen LogP contribution is -2.21. The number of benzene rings is 2. The molecular formula is C20H20ClN5O. The highest BCUT2D eigenvalue weighted by Crippen LogP contribution is 2.28.